The van der Waals surface area contributed by atoms with Gasteiger partial charge in [0.15, 0.2) is 4.87 Å². The molecule has 1 N–H and O–H groups in total. The Morgan fingerprint density at radius 3 is 2.91 bits per heavy atom. The third-order valence-corrected chi connectivity index (χ3v) is 1.91. The van der Waals surface area contributed by atoms with Crippen molar-refractivity contribution in [3.8, 4) is 0 Å². The van der Waals surface area contributed by atoms with Gasteiger partial charge in [-0.3, -0.25) is 4.99 Å². The van der Waals surface area contributed by atoms with Crippen molar-refractivity contribution in [2.24, 2.45) is 4.99 Å². The second-order valence-electron chi connectivity index (χ2n) is 2.46. The Balaban J connectivity index is 2.82. The number of rotatable bonds is 1. The van der Waals surface area contributed by atoms with Gasteiger partial charge in [-0.2, -0.15) is 0 Å². The number of allylic oxidation sites excluding steroid dienone is 1. The number of aliphatic carboxylic acids is 1. The van der Waals surface area contributed by atoms with Gasteiger partial charge >= 0.3 is 5.97 Å². The van der Waals surface area contributed by atoms with Crippen LogP contribution in [0.3, 0.4) is 0 Å². The highest BCUT2D eigenvalue weighted by molar-refractivity contribution is 6.36. The molecule has 3 nitrogen and oxygen atoms in total. The van der Waals surface area contributed by atoms with E-state index in [1.807, 2.05) is 0 Å². The van der Waals surface area contributed by atoms with E-state index in [1.165, 1.54) is 6.08 Å². The zero-order valence-electron chi connectivity index (χ0n) is 6.04. The van der Waals surface area contributed by atoms with Crippen LogP contribution in [0.5, 0.6) is 0 Å². The fraction of sp³-hybridized carbons (Fsp3) is 0.429. The van der Waals surface area contributed by atoms with Crippen molar-refractivity contribution in [3.05, 3.63) is 12.2 Å². The normalized spacial score (nSPS) is 29.8. The molecule has 11 heavy (non-hydrogen) atoms. The molecule has 0 fully saturated rings. The molecule has 0 aromatic heterocycles. The van der Waals surface area contributed by atoms with Gasteiger partial charge in [-0.25, -0.2) is 4.79 Å². The van der Waals surface area contributed by atoms with Gasteiger partial charge in [-0.1, -0.05) is 11.6 Å². The molecule has 0 saturated carbocycles. The number of carboxylic acid groups (broad SMARTS) is 1. The van der Waals surface area contributed by atoms with Crippen LogP contribution in [0.25, 0.3) is 0 Å². The molecular formula is C7H8ClNO2. The Morgan fingerprint density at radius 1 is 1.91 bits per heavy atom. The Labute approximate surface area is 69.4 Å². The molecule has 1 unspecified atom stereocenters. The summed E-state index contributed by atoms with van der Waals surface area (Å²) < 4.78 is 0. The molecule has 0 aromatic rings. The van der Waals surface area contributed by atoms with Gasteiger partial charge in [0.25, 0.3) is 0 Å². The molecule has 0 aromatic carbocycles. The first-order valence-electron chi connectivity index (χ1n) is 3.17. The van der Waals surface area contributed by atoms with E-state index in [-0.39, 0.29) is 6.54 Å². The summed E-state index contributed by atoms with van der Waals surface area (Å²) in [4.78, 5) is 13.1. The first-order valence-corrected chi connectivity index (χ1v) is 3.55. The Bertz CT molecular complexity index is 247. The lowest BCUT2D eigenvalue weighted by atomic mass is 10.1. The van der Waals surface area contributed by atoms with Gasteiger partial charge in [0, 0.05) is 5.71 Å². The topological polar surface area (TPSA) is 49.7 Å². The molecule has 0 saturated heterocycles. The molecule has 0 aliphatic carbocycles. The highest BCUT2D eigenvalue weighted by Gasteiger charge is 2.34. The summed E-state index contributed by atoms with van der Waals surface area (Å²) in [6.45, 7) is 1.92. The molecule has 0 bridgehead atoms. The SMILES string of the molecule is CC1=NCC(Cl)(C(=O)O)C=C1. The summed E-state index contributed by atoms with van der Waals surface area (Å²) in [5.41, 5.74) is 0.808. The lowest BCUT2D eigenvalue weighted by Crippen LogP contribution is -2.35. The zero-order valence-corrected chi connectivity index (χ0v) is 6.80. The van der Waals surface area contributed by atoms with Crippen LogP contribution in [0.4, 0.5) is 0 Å². The number of aliphatic imine (C=N–C) groups is 1. The summed E-state index contributed by atoms with van der Waals surface area (Å²) >= 11 is 5.68. The van der Waals surface area contributed by atoms with E-state index >= 15 is 0 Å². The van der Waals surface area contributed by atoms with Crippen LogP contribution in [0.1, 0.15) is 6.92 Å². The van der Waals surface area contributed by atoms with E-state index in [9.17, 15) is 4.79 Å². The maximum Gasteiger partial charge on any atom is 0.330 e. The van der Waals surface area contributed by atoms with Crippen molar-refractivity contribution in [2.45, 2.75) is 11.8 Å². The van der Waals surface area contributed by atoms with Gasteiger partial charge in [0.2, 0.25) is 0 Å². The summed E-state index contributed by atoms with van der Waals surface area (Å²) in [5, 5.41) is 8.63. The van der Waals surface area contributed by atoms with Crippen LogP contribution in [-0.2, 0) is 4.79 Å². The summed E-state index contributed by atoms with van der Waals surface area (Å²) in [5.74, 6) is -1.05. The van der Waals surface area contributed by atoms with Gasteiger partial charge in [0.1, 0.15) is 0 Å². The smallest absolute Gasteiger partial charge is 0.330 e. The second-order valence-corrected chi connectivity index (χ2v) is 3.13. The van der Waals surface area contributed by atoms with Crippen molar-refractivity contribution in [1.82, 2.24) is 0 Å². The summed E-state index contributed by atoms with van der Waals surface area (Å²) in [7, 11) is 0. The highest BCUT2D eigenvalue weighted by atomic mass is 35.5. The number of dihydropyridines is 1. The number of carboxylic acids is 1. The maximum atomic E-state index is 10.5. The molecule has 4 heteroatoms. The molecule has 0 spiro atoms. The van der Waals surface area contributed by atoms with E-state index < -0.39 is 10.8 Å². The lowest BCUT2D eigenvalue weighted by Gasteiger charge is -2.18. The molecule has 60 valence electrons. The first kappa shape index (κ1) is 8.27. The Morgan fingerprint density at radius 2 is 2.55 bits per heavy atom. The van der Waals surface area contributed by atoms with Crippen molar-refractivity contribution in [2.75, 3.05) is 6.54 Å². The molecule has 1 heterocycles. The minimum absolute atomic E-state index is 0.117. The number of hydrogen-bond acceptors (Lipinski definition) is 2. The zero-order chi connectivity index (χ0) is 8.48. The lowest BCUT2D eigenvalue weighted by molar-refractivity contribution is -0.138. The van der Waals surface area contributed by atoms with Crippen molar-refractivity contribution in [3.63, 3.8) is 0 Å². The van der Waals surface area contributed by atoms with Crippen molar-refractivity contribution >= 4 is 23.3 Å². The monoisotopic (exact) mass is 173 g/mol. The molecular weight excluding hydrogens is 166 g/mol. The van der Waals surface area contributed by atoms with Crippen LogP contribution < -0.4 is 0 Å². The van der Waals surface area contributed by atoms with Gasteiger partial charge in [-0.15, -0.1) is 0 Å². The maximum absolute atomic E-state index is 10.5. The van der Waals surface area contributed by atoms with Gasteiger partial charge in [-0.05, 0) is 19.1 Å². The first-order chi connectivity index (χ1) is 5.04. The second kappa shape index (κ2) is 2.66. The third kappa shape index (κ3) is 1.60. The summed E-state index contributed by atoms with van der Waals surface area (Å²) in [6.07, 6.45) is 3.07. The quantitative estimate of drug-likeness (QED) is 0.604. The molecule has 1 aliphatic heterocycles. The Kier molecular flexibility index (Phi) is 2.00. The number of carbonyl (C=O) groups is 1. The predicted octanol–water partition coefficient (Wildman–Crippen LogP) is 1.08. The number of hydrogen-bond donors (Lipinski definition) is 1. The number of halogens is 1. The summed E-state index contributed by atoms with van der Waals surface area (Å²) in [6, 6.07) is 0. The average Bonchev–Trinajstić information content (AvgIpc) is 1.95. The largest absolute Gasteiger partial charge is 0.480 e. The highest BCUT2D eigenvalue weighted by Crippen LogP contribution is 2.20. The van der Waals surface area contributed by atoms with Gasteiger partial charge in [0.05, 0.1) is 6.54 Å². The average molecular weight is 174 g/mol. The van der Waals surface area contributed by atoms with E-state index in [4.69, 9.17) is 16.7 Å². The molecule has 0 radical (unpaired) electrons. The third-order valence-electron chi connectivity index (χ3n) is 1.50. The standard InChI is InChI=1S/C7H8ClNO2/c1-5-2-3-7(8,4-9-5)6(10)11/h2-3H,4H2,1H3,(H,10,11). The van der Waals surface area contributed by atoms with Crippen molar-refractivity contribution < 1.29 is 9.90 Å². The molecule has 1 atom stereocenters. The Hall–Kier alpha value is -0.830. The molecule has 1 aliphatic rings. The van der Waals surface area contributed by atoms with Crippen molar-refractivity contribution in [1.29, 1.82) is 0 Å². The fourth-order valence-corrected chi connectivity index (χ4v) is 0.860. The van der Waals surface area contributed by atoms with E-state index in [2.05, 4.69) is 4.99 Å². The minimum Gasteiger partial charge on any atom is -0.480 e. The predicted molar refractivity (Wildman–Crippen MR) is 43.3 cm³/mol. The minimum atomic E-state index is -1.32. The van der Waals surface area contributed by atoms with Crippen LogP contribution in [-0.4, -0.2) is 28.2 Å². The van der Waals surface area contributed by atoms with E-state index in [0.717, 1.165) is 5.71 Å². The van der Waals surface area contributed by atoms with Crippen LogP contribution >= 0.6 is 11.6 Å². The fourth-order valence-electron chi connectivity index (χ4n) is 0.737. The van der Waals surface area contributed by atoms with Crippen LogP contribution in [0.15, 0.2) is 17.1 Å². The molecule has 1 rings (SSSR count). The number of nitrogens with zero attached hydrogens (tertiary/aromatic N) is 1. The van der Waals surface area contributed by atoms with E-state index in [0.29, 0.717) is 0 Å². The number of alkyl halides is 1. The molecule has 0 amide bonds. The van der Waals surface area contributed by atoms with E-state index in [1.54, 1.807) is 13.0 Å². The van der Waals surface area contributed by atoms with Gasteiger partial charge < -0.3 is 5.11 Å². The van der Waals surface area contributed by atoms with Crippen LogP contribution in [0, 0.1) is 0 Å². The van der Waals surface area contributed by atoms with Crippen LogP contribution in [0.2, 0.25) is 0 Å².